The van der Waals surface area contributed by atoms with Gasteiger partial charge in [0.05, 0.1) is 19.3 Å². The van der Waals surface area contributed by atoms with Gasteiger partial charge in [-0.1, -0.05) is 46.3 Å². The zero-order valence-electron chi connectivity index (χ0n) is 21.1. The lowest BCUT2D eigenvalue weighted by Crippen LogP contribution is -2.16. The van der Waals surface area contributed by atoms with Crippen molar-refractivity contribution < 1.29 is 23.8 Å². The van der Waals surface area contributed by atoms with Crippen LogP contribution in [0.2, 0.25) is 0 Å². The number of amides is 1. The molecule has 0 radical (unpaired) electrons. The van der Waals surface area contributed by atoms with Crippen molar-refractivity contribution in [2.24, 2.45) is 0 Å². The fourth-order valence-electron chi connectivity index (χ4n) is 4.22. The third-order valence-corrected chi connectivity index (χ3v) is 7.96. The van der Waals surface area contributed by atoms with Gasteiger partial charge in [0.15, 0.2) is 11.5 Å². The molecule has 196 valence electrons. The van der Waals surface area contributed by atoms with Gasteiger partial charge in [0.25, 0.3) is 5.91 Å². The number of halogens is 1. The maximum atomic E-state index is 13.2. The number of hydrogen-bond acceptors (Lipinski definition) is 7. The van der Waals surface area contributed by atoms with Crippen LogP contribution in [-0.4, -0.2) is 25.6 Å². The van der Waals surface area contributed by atoms with Crippen molar-refractivity contribution in [3.05, 3.63) is 79.6 Å². The molecule has 0 aliphatic heterocycles. The second-order valence-corrected chi connectivity index (χ2v) is 10.5. The molecule has 0 bridgehead atoms. The molecule has 9 heteroatoms. The Morgan fingerprint density at radius 3 is 2.63 bits per heavy atom. The molecule has 1 aliphatic rings. The number of hydrogen-bond donors (Lipinski definition) is 1. The number of anilines is 1. The van der Waals surface area contributed by atoms with E-state index in [9.17, 15) is 14.9 Å². The van der Waals surface area contributed by atoms with Crippen LogP contribution < -0.4 is 14.8 Å². The van der Waals surface area contributed by atoms with E-state index >= 15 is 0 Å². The average Bonchev–Trinajstić information content (AvgIpc) is 3.29. The third kappa shape index (κ3) is 6.26. The largest absolute Gasteiger partial charge is 0.493 e. The molecular formula is C29H27BrN2O5S. The lowest BCUT2D eigenvalue weighted by molar-refractivity contribution is -0.112. The zero-order valence-corrected chi connectivity index (χ0v) is 23.5. The van der Waals surface area contributed by atoms with Crippen molar-refractivity contribution in [3.8, 4) is 17.6 Å². The molecular weight excluding hydrogens is 568 g/mol. The molecule has 38 heavy (non-hydrogen) atoms. The Labute approximate surface area is 234 Å². The minimum absolute atomic E-state index is 0.119. The summed E-state index contributed by atoms with van der Waals surface area (Å²) in [4.78, 5) is 27.0. The first-order valence-corrected chi connectivity index (χ1v) is 13.8. The van der Waals surface area contributed by atoms with Crippen LogP contribution in [0.1, 0.15) is 51.7 Å². The highest BCUT2D eigenvalue weighted by atomic mass is 79.9. The van der Waals surface area contributed by atoms with Crippen molar-refractivity contribution in [1.82, 2.24) is 0 Å². The van der Waals surface area contributed by atoms with Crippen LogP contribution >= 0.6 is 27.3 Å². The number of ether oxygens (including phenoxy) is 3. The summed E-state index contributed by atoms with van der Waals surface area (Å²) < 4.78 is 17.3. The highest BCUT2D eigenvalue weighted by molar-refractivity contribution is 9.10. The number of nitrogens with one attached hydrogen (secondary N) is 1. The molecule has 0 spiro atoms. The molecule has 2 aromatic carbocycles. The first kappa shape index (κ1) is 27.4. The first-order valence-electron chi connectivity index (χ1n) is 12.2. The molecule has 0 unspecified atom stereocenters. The number of rotatable bonds is 9. The predicted octanol–water partition coefficient (Wildman–Crippen LogP) is 6.70. The number of carbonyl (C=O) groups excluding carboxylic acids is 2. The number of carbonyl (C=O) groups is 2. The monoisotopic (exact) mass is 594 g/mol. The molecule has 0 atom stereocenters. The molecule has 0 saturated heterocycles. The Balaban J connectivity index is 1.59. The van der Waals surface area contributed by atoms with E-state index in [1.54, 1.807) is 19.1 Å². The highest BCUT2D eigenvalue weighted by Gasteiger charge is 2.28. The number of nitriles is 1. The molecule has 7 nitrogen and oxygen atoms in total. The van der Waals surface area contributed by atoms with Crippen LogP contribution in [0.3, 0.4) is 0 Å². The van der Waals surface area contributed by atoms with E-state index in [1.165, 1.54) is 24.5 Å². The molecule has 4 rings (SSSR count). The van der Waals surface area contributed by atoms with Gasteiger partial charge in [-0.15, -0.1) is 11.3 Å². The highest BCUT2D eigenvalue weighted by Crippen LogP contribution is 2.39. The van der Waals surface area contributed by atoms with Crippen LogP contribution in [0.15, 0.2) is 52.5 Å². The lowest BCUT2D eigenvalue weighted by atomic mass is 9.95. The zero-order chi connectivity index (χ0) is 27.1. The number of methoxy groups -OCH3 is 1. The Morgan fingerprint density at radius 2 is 1.92 bits per heavy atom. The SMILES string of the molecule is CCOC(=O)c1c(NC(=O)/C(C#N)=C/c2cc(OC)c(OCc3ccccc3)cc2Br)sc2c1CCCC2. The fraction of sp³-hybridized carbons (Fsp3) is 0.276. The van der Waals surface area contributed by atoms with Gasteiger partial charge in [-0.3, -0.25) is 4.79 Å². The molecule has 0 saturated carbocycles. The summed E-state index contributed by atoms with van der Waals surface area (Å²) in [6.07, 6.45) is 5.11. The van der Waals surface area contributed by atoms with Crippen LogP contribution in [-0.2, 0) is 29.0 Å². The Morgan fingerprint density at radius 1 is 1.16 bits per heavy atom. The average molecular weight is 596 g/mol. The molecule has 0 fully saturated rings. The number of fused-ring (bicyclic) bond motifs is 1. The van der Waals surface area contributed by atoms with E-state index in [-0.39, 0.29) is 12.2 Å². The van der Waals surface area contributed by atoms with Crippen LogP contribution in [0.5, 0.6) is 11.5 Å². The lowest BCUT2D eigenvalue weighted by Gasteiger charge is -2.13. The molecule has 1 aromatic heterocycles. The maximum absolute atomic E-state index is 13.2. The second-order valence-electron chi connectivity index (χ2n) is 8.56. The fourth-order valence-corrected chi connectivity index (χ4v) is 5.93. The summed E-state index contributed by atoms with van der Waals surface area (Å²) in [6, 6.07) is 15.2. The maximum Gasteiger partial charge on any atom is 0.341 e. The third-order valence-electron chi connectivity index (χ3n) is 6.06. The van der Waals surface area contributed by atoms with E-state index < -0.39 is 11.9 Å². The number of esters is 1. The number of aryl methyl sites for hydroxylation is 1. The topological polar surface area (TPSA) is 97.7 Å². The van der Waals surface area contributed by atoms with Crippen molar-refractivity contribution in [3.63, 3.8) is 0 Å². The Hall–Kier alpha value is -3.61. The van der Waals surface area contributed by atoms with E-state index in [0.717, 1.165) is 41.7 Å². The van der Waals surface area contributed by atoms with Gasteiger partial charge in [0.1, 0.15) is 23.3 Å². The van der Waals surface area contributed by atoms with Crippen LogP contribution in [0.25, 0.3) is 6.08 Å². The summed E-state index contributed by atoms with van der Waals surface area (Å²) in [7, 11) is 1.53. The molecule has 1 aliphatic carbocycles. The van der Waals surface area contributed by atoms with Crippen molar-refractivity contribution in [1.29, 1.82) is 5.26 Å². The van der Waals surface area contributed by atoms with E-state index in [1.807, 2.05) is 36.4 Å². The molecule has 3 aromatic rings. The van der Waals surface area contributed by atoms with Gasteiger partial charge in [0, 0.05) is 9.35 Å². The smallest absolute Gasteiger partial charge is 0.341 e. The number of thiophene rings is 1. The minimum Gasteiger partial charge on any atom is -0.493 e. The summed E-state index contributed by atoms with van der Waals surface area (Å²) in [6.45, 7) is 2.34. The normalized spacial score (nSPS) is 12.7. The summed E-state index contributed by atoms with van der Waals surface area (Å²) >= 11 is 4.89. The molecule has 1 amide bonds. The Kier molecular flexibility index (Phi) is 9.21. The van der Waals surface area contributed by atoms with E-state index in [4.69, 9.17) is 14.2 Å². The predicted molar refractivity (Wildman–Crippen MR) is 151 cm³/mol. The standard InChI is InChI=1S/C29H27BrN2O5S/c1-3-36-29(34)26-21-11-7-8-12-25(21)38-28(26)32-27(33)20(16-31)13-19-14-23(35-2)24(15-22(19)30)37-17-18-9-5-4-6-10-18/h4-6,9-10,13-15H,3,7-8,11-12,17H2,1-2H3,(H,32,33)/b20-13+. The van der Waals surface area contributed by atoms with Crippen molar-refractivity contribution >= 4 is 50.2 Å². The molecule has 1 N–H and O–H groups in total. The summed E-state index contributed by atoms with van der Waals surface area (Å²) in [5.41, 5.74) is 2.80. The van der Waals surface area contributed by atoms with Gasteiger partial charge in [-0.25, -0.2) is 4.79 Å². The second kappa shape index (κ2) is 12.8. The quantitative estimate of drug-likeness (QED) is 0.168. The van der Waals surface area contributed by atoms with Crippen molar-refractivity contribution in [2.45, 2.75) is 39.2 Å². The number of nitrogens with zero attached hydrogens (tertiary/aromatic N) is 1. The van der Waals surface area contributed by atoms with E-state index in [0.29, 0.717) is 38.7 Å². The first-order chi connectivity index (χ1) is 18.4. The summed E-state index contributed by atoms with van der Waals surface area (Å²) in [5.74, 6) is -0.0784. The van der Waals surface area contributed by atoms with E-state index in [2.05, 4.69) is 21.2 Å². The van der Waals surface area contributed by atoms with Gasteiger partial charge in [-0.2, -0.15) is 5.26 Å². The van der Waals surface area contributed by atoms with Crippen LogP contribution in [0.4, 0.5) is 5.00 Å². The number of benzene rings is 2. The Bertz CT molecular complexity index is 1410. The van der Waals surface area contributed by atoms with Gasteiger partial charge in [0.2, 0.25) is 0 Å². The molecule has 1 heterocycles. The van der Waals surface area contributed by atoms with Gasteiger partial charge >= 0.3 is 5.97 Å². The summed E-state index contributed by atoms with van der Waals surface area (Å²) in [5, 5.41) is 13.0. The van der Waals surface area contributed by atoms with Gasteiger partial charge in [-0.05, 0) is 67.5 Å². The van der Waals surface area contributed by atoms with Crippen LogP contribution in [0, 0.1) is 11.3 Å². The minimum atomic E-state index is -0.605. The van der Waals surface area contributed by atoms with Crippen molar-refractivity contribution in [2.75, 3.05) is 19.0 Å². The van der Waals surface area contributed by atoms with Gasteiger partial charge < -0.3 is 19.5 Å².